The maximum atomic E-state index is 14.7. The fourth-order valence-electron chi connectivity index (χ4n) is 3.11. The van der Waals surface area contributed by atoms with Crippen molar-refractivity contribution in [2.24, 2.45) is 0 Å². The first-order valence-corrected chi connectivity index (χ1v) is 9.80. The van der Waals surface area contributed by atoms with Crippen LogP contribution < -0.4 is 15.4 Å². The van der Waals surface area contributed by atoms with Crippen LogP contribution in [0.15, 0.2) is 90.6 Å². The third-order valence-electron chi connectivity index (χ3n) is 4.67. The summed E-state index contributed by atoms with van der Waals surface area (Å²) in [5.41, 5.74) is 2.60. The van der Waals surface area contributed by atoms with Crippen molar-refractivity contribution < 1.29 is 13.9 Å². The van der Waals surface area contributed by atoms with Gasteiger partial charge in [-0.3, -0.25) is 4.79 Å². The third-order valence-corrected chi connectivity index (χ3v) is 4.67. The van der Waals surface area contributed by atoms with E-state index in [9.17, 15) is 9.18 Å². The fraction of sp³-hybridized carbons (Fsp3) is 0.0417. The minimum absolute atomic E-state index is 0.00435. The monoisotopic (exact) mass is 429 g/mol. The molecule has 0 aliphatic carbocycles. The van der Waals surface area contributed by atoms with Crippen LogP contribution in [0.25, 0.3) is 5.69 Å². The van der Waals surface area contributed by atoms with Gasteiger partial charge in [0, 0.05) is 30.4 Å². The maximum absolute atomic E-state index is 14.7. The van der Waals surface area contributed by atoms with Gasteiger partial charge in [-0.2, -0.15) is 5.10 Å². The summed E-state index contributed by atoms with van der Waals surface area (Å²) in [4.78, 5) is 12.7. The lowest BCUT2D eigenvalue weighted by Gasteiger charge is -2.16. The number of ether oxygens (including phenoxy) is 1. The summed E-state index contributed by atoms with van der Waals surface area (Å²) in [7, 11) is 0. The van der Waals surface area contributed by atoms with Crippen molar-refractivity contribution >= 4 is 17.8 Å². The molecular weight excluding hydrogens is 409 g/mol. The molecule has 0 spiro atoms. The first kappa shape index (κ1) is 20.8. The Kier molecular flexibility index (Phi) is 5.94. The summed E-state index contributed by atoms with van der Waals surface area (Å²) in [6, 6.07) is 13.6. The second kappa shape index (κ2) is 9.13. The van der Waals surface area contributed by atoms with E-state index in [2.05, 4.69) is 15.7 Å². The molecule has 0 atom stereocenters. The number of aryl methyl sites for hydroxylation is 1. The first-order chi connectivity index (χ1) is 15.5. The molecule has 1 aliphatic rings. The summed E-state index contributed by atoms with van der Waals surface area (Å²) in [6.07, 6.45) is 9.30. The molecule has 32 heavy (non-hydrogen) atoms. The molecule has 3 N–H and O–H groups in total. The highest BCUT2D eigenvalue weighted by atomic mass is 19.1. The van der Waals surface area contributed by atoms with Crippen LogP contribution in [-0.4, -0.2) is 21.9 Å². The largest absolute Gasteiger partial charge is 0.452 e. The zero-order valence-corrected chi connectivity index (χ0v) is 17.2. The highest BCUT2D eigenvalue weighted by Gasteiger charge is 2.16. The summed E-state index contributed by atoms with van der Waals surface area (Å²) in [6.45, 7) is 1.74. The number of rotatable bonds is 6. The van der Waals surface area contributed by atoms with Crippen molar-refractivity contribution in [3.8, 4) is 11.4 Å². The second-order valence-electron chi connectivity index (χ2n) is 6.89. The van der Waals surface area contributed by atoms with E-state index in [-0.39, 0.29) is 11.4 Å². The molecule has 0 saturated heterocycles. The van der Waals surface area contributed by atoms with Gasteiger partial charge in [0.2, 0.25) is 0 Å². The highest BCUT2D eigenvalue weighted by molar-refractivity contribution is 6.05. The van der Waals surface area contributed by atoms with Crippen LogP contribution in [0, 0.1) is 18.2 Å². The maximum Gasteiger partial charge on any atom is 0.259 e. The van der Waals surface area contributed by atoms with Crippen molar-refractivity contribution in [3.63, 3.8) is 0 Å². The zero-order chi connectivity index (χ0) is 22.5. The molecule has 0 unspecified atom stereocenters. The number of nitrogens with one attached hydrogen (secondary N) is 3. The minimum atomic E-state index is -0.635. The number of anilines is 1. The predicted molar refractivity (Wildman–Crippen MR) is 121 cm³/mol. The Balaban J connectivity index is 1.49. The Morgan fingerprint density at radius 3 is 2.81 bits per heavy atom. The molecule has 2 heterocycles. The van der Waals surface area contributed by atoms with E-state index in [1.54, 1.807) is 42.2 Å². The lowest BCUT2D eigenvalue weighted by molar-refractivity contribution is 0.102. The lowest BCUT2D eigenvalue weighted by atomic mass is 10.2. The predicted octanol–water partition coefficient (Wildman–Crippen LogP) is 4.49. The first-order valence-electron chi connectivity index (χ1n) is 9.80. The summed E-state index contributed by atoms with van der Waals surface area (Å²) >= 11 is 0. The number of hydrogen-bond acceptors (Lipinski definition) is 5. The van der Waals surface area contributed by atoms with E-state index in [0.29, 0.717) is 22.7 Å². The molecule has 0 saturated carbocycles. The smallest absolute Gasteiger partial charge is 0.259 e. The lowest BCUT2D eigenvalue weighted by Crippen LogP contribution is -2.15. The van der Waals surface area contributed by atoms with Crippen LogP contribution in [0.1, 0.15) is 16.1 Å². The van der Waals surface area contributed by atoms with E-state index < -0.39 is 11.7 Å². The van der Waals surface area contributed by atoms with Crippen LogP contribution in [0.2, 0.25) is 0 Å². The molecule has 3 aromatic rings. The second-order valence-corrected chi connectivity index (χ2v) is 6.89. The van der Waals surface area contributed by atoms with E-state index in [0.717, 1.165) is 11.9 Å². The van der Waals surface area contributed by atoms with Gasteiger partial charge < -0.3 is 20.8 Å². The number of halogens is 1. The summed E-state index contributed by atoms with van der Waals surface area (Å²) in [5.74, 6) is -0.659. The van der Waals surface area contributed by atoms with Crippen molar-refractivity contribution in [2.75, 3.05) is 5.32 Å². The molecule has 0 bridgehead atoms. The van der Waals surface area contributed by atoms with Gasteiger partial charge in [0.15, 0.2) is 17.3 Å². The normalized spacial score (nSPS) is 13.9. The molecule has 4 rings (SSSR count). The molecule has 2 aromatic carbocycles. The average Bonchev–Trinajstić information content (AvgIpc) is 3.19. The quantitative estimate of drug-likeness (QED) is 0.504. The molecule has 0 radical (unpaired) electrons. The van der Waals surface area contributed by atoms with Gasteiger partial charge in [-0.15, -0.1) is 0 Å². The number of aromatic nitrogens is 2. The highest BCUT2D eigenvalue weighted by Crippen LogP contribution is 2.26. The van der Waals surface area contributed by atoms with Crippen LogP contribution in [0.5, 0.6) is 5.75 Å². The zero-order valence-electron chi connectivity index (χ0n) is 17.2. The van der Waals surface area contributed by atoms with E-state index in [4.69, 9.17) is 10.1 Å². The number of benzene rings is 2. The van der Waals surface area contributed by atoms with Crippen LogP contribution in [0.4, 0.5) is 10.1 Å². The molecule has 0 fully saturated rings. The number of carbonyl (C=O) groups excluding carboxylic acids is 1. The Hall–Kier alpha value is -4.46. The van der Waals surface area contributed by atoms with Crippen LogP contribution in [-0.2, 0) is 0 Å². The van der Waals surface area contributed by atoms with E-state index >= 15 is 0 Å². The number of carbonyl (C=O) groups is 1. The number of allylic oxidation sites excluding steroid dienone is 3. The number of dihydropyridines is 1. The summed E-state index contributed by atoms with van der Waals surface area (Å²) < 4.78 is 21.9. The van der Waals surface area contributed by atoms with Crippen molar-refractivity contribution in [1.29, 1.82) is 5.41 Å². The number of amides is 1. The standard InChI is InChI=1S/C24H20FN5O2/c1-16-19(15-30(29-16)18-6-3-2-4-7-18)24(31)28-17-9-10-22(20(25)14-17)32-23-8-5-13-27-21(23)11-12-26/h2-15,26-27H,1H3,(H,28,31)/b21-11-,26-12?. The number of nitrogens with zero attached hydrogens (tertiary/aromatic N) is 2. The molecule has 1 amide bonds. The number of hydrogen-bond donors (Lipinski definition) is 3. The Bertz CT molecular complexity index is 1260. The topological polar surface area (TPSA) is 92.0 Å². The van der Waals surface area contributed by atoms with Gasteiger partial charge >= 0.3 is 0 Å². The van der Waals surface area contributed by atoms with Gasteiger partial charge in [0.25, 0.3) is 5.91 Å². The van der Waals surface area contributed by atoms with E-state index in [1.165, 1.54) is 18.2 Å². The molecule has 8 heteroatoms. The van der Waals surface area contributed by atoms with Gasteiger partial charge in [-0.1, -0.05) is 18.2 Å². The summed E-state index contributed by atoms with van der Waals surface area (Å²) in [5, 5.41) is 17.2. The van der Waals surface area contributed by atoms with Gasteiger partial charge in [-0.05, 0) is 49.4 Å². The minimum Gasteiger partial charge on any atom is -0.452 e. The van der Waals surface area contributed by atoms with Crippen LogP contribution in [0.3, 0.4) is 0 Å². The SMILES string of the molecule is Cc1nn(-c2ccccc2)cc1C(=O)Nc1ccc(OC2=CC=CN/C2=C\C=N)c(F)c1. The van der Waals surface area contributed by atoms with Gasteiger partial charge in [0.1, 0.15) is 0 Å². The third kappa shape index (κ3) is 4.49. The van der Waals surface area contributed by atoms with Gasteiger partial charge in [0.05, 0.1) is 22.6 Å². The Morgan fingerprint density at radius 1 is 1.25 bits per heavy atom. The number of para-hydroxylation sites is 1. The fourth-order valence-corrected chi connectivity index (χ4v) is 3.11. The molecule has 160 valence electrons. The Morgan fingerprint density at radius 2 is 2.06 bits per heavy atom. The van der Waals surface area contributed by atoms with E-state index in [1.807, 2.05) is 30.3 Å². The van der Waals surface area contributed by atoms with Gasteiger partial charge in [-0.25, -0.2) is 9.07 Å². The van der Waals surface area contributed by atoms with Crippen molar-refractivity contribution in [2.45, 2.75) is 6.92 Å². The molecule has 1 aliphatic heterocycles. The Labute approximate surface area is 184 Å². The molecule has 1 aromatic heterocycles. The average molecular weight is 429 g/mol. The van der Waals surface area contributed by atoms with Crippen LogP contribution >= 0.6 is 0 Å². The molecule has 7 nitrogen and oxygen atoms in total. The molecular formula is C24H20FN5O2. The van der Waals surface area contributed by atoms with Crippen molar-refractivity contribution in [3.05, 3.63) is 108 Å². The van der Waals surface area contributed by atoms with Crippen molar-refractivity contribution in [1.82, 2.24) is 15.1 Å².